The van der Waals surface area contributed by atoms with Crippen LogP contribution in [0.3, 0.4) is 0 Å². The Balaban J connectivity index is 1.28. The molecule has 7 rings (SSSR count). The number of rotatable bonds is 7. The molecule has 208 valence electrons. The SMILES string of the molecule is CN(c1ccc(N(c2cccc(-c3ccccc3)c2)c2cccc3ccccc23)cc1)c1cccc(C2=CC=CCC2)c1. The molecule has 0 saturated carbocycles. The number of anilines is 5. The summed E-state index contributed by atoms with van der Waals surface area (Å²) in [6, 6.07) is 52.4. The normalized spacial score (nSPS) is 12.6. The molecule has 43 heavy (non-hydrogen) atoms. The highest BCUT2D eigenvalue weighted by Crippen LogP contribution is 2.41. The Morgan fingerprint density at radius 2 is 1.16 bits per heavy atom. The van der Waals surface area contributed by atoms with Crippen molar-refractivity contribution >= 4 is 44.8 Å². The summed E-state index contributed by atoms with van der Waals surface area (Å²) in [7, 11) is 2.15. The van der Waals surface area contributed by atoms with E-state index in [1.807, 2.05) is 0 Å². The average Bonchev–Trinajstić information content (AvgIpc) is 3.09. The molecule has 0 fully saturated rings. The zero-order valence-electron chi connectivity index (χ0n) is 24.4. The lowest BCUT2D eigenvalue weighted by molar-refractivity contribution is 1.05. The van der Waals surface area contributed by atoms with Gasteiger partial charge in [0.15, 0.2) is 0 Å². The lowest BCUT2D eigenvalue weighted by Crippen LogP contribution is -2.12. The van der Waals surface area contributed by atoms with Gasteiger partial charge in [-0.15, -0.1) is 0 Å². The van der Waals surface area contributed by atoms with Gasteiger partial charge in [0.05, 0.1) is 5.69 Å². The molecule has 1 aliphatic rings. The van der Waals surface area contributed by atoms with Crippen LogP contribution < -0.4 is 9.80 Å². The maximum absolute atomic E-state index is 2.38. The smallest absolute Gasteiger partial charge is 0.0540 e. The van der Waals surface area contributed by atoms with Crippen molar-refractivity contribution < 1.29 is 0 Å². The molecule has 2 heteroatoms. The first-order valence-electron chi connectivity index (χ1n) is 15.0. The highest BCUT2D eigenvalue weighted by atomic mass is 15.1. The molecular formula is C41H34N2. The van der Waals surface area contributed by atoms with Crippen LogP contribution in [0.1, 0.15) is 18.4 Å². The van der Waals surface area contributed by atoms with Gasteiger partial charge in [0.1, 0.15) is 0 Å². The molecule has 0 unspecified atom stereocenters. The van der Waals surface area contributed by atoms with Gasteiger partial charge in [0.25, 0.3) is 0 Å². The first-order valence-corrected chi connectivity index (χ1v) is 15.0. The van der Waals surface area contributed by atoms with Crippen molar-refractivity contribution in [3.8, 4) is 11.1 Å². The molecule has 6 aromatic carbocycles. The molecule has 0 radical (unpaired) electrons. The van der Waals surface area contributed by atoms with Gasteiger partial charge < -0.3 is 9.80 Å². The molecule has 0 aliphatic heterocycles. The van der Waals surface area contributed by atoms with E-state index in [1.54, 1.807) is 0 Å². The summed E-state index contributed by atoms with van der Waals surface area (Å²) in [5.74, 6) is 0. The first-order chi connectivity index (χ1) is 21.2. The van der Waals surface area contributed by atoms with Gasteiger partial charge in [-0.05, 0) is 95.1 Å². The number of fused-ring (bicyclic) bond motifs is 1. The Kier molecular flexibility index (Phi) is 7.33. The third-order valence-corrected chi connectivity index (χ3v) is 8.33. The predicted octanol–water partition coefficient (Wildman–Crippen LogP) is 11.5. The van der Waals surface area contributed by atoms with Crippen LogP contribution in [0.4, 0.5) is 28.4 Å². The Labute approximate surface area is 254 Å². The van der Waals surface area contributed by atoms with Gasteiger partial charge in [0.2, 0.25) is 0 Å². The van der Waals surface area contributed by atoms with Crippen molar-refractivity contribution in [3.05, 3.63) is 169 Å². The van der Waals surface area contributed by atoms with Crippen LogP contribution in [0, 0.1) is 0 Å². The Hall–Kier alpha value is -5.34. The minimum absolute atomic E-state index is 1.09. The average molecular weight is 555 g/mol. The molecular weight excluding hydrogens is 520 g/mol. The summed E-state index contributed by atoms with van der Waals surface area (Å²) >= 11 is 0. The number of allylic oxidation sites excluding steroid dienone is 4. The maximum Gasteiger partial charge on any atom is 0.0540 e. The van der Waals surface area contributed by atoms with Crippen LogP contribution in [0.5, 0.6) is 0 Å². The van der Waals surface area contributed by atoms with E-state index in [2.05, 4.69) is 181 Å². The molecule has 6 aromatic rings. The topological polar surface area (TPSA) is 6.48 Å². The zero-order valence-corrected chi connectivity index (χ0v) is 24.4. The van der Waals surface area contributed by atoms with E-state index in [9.17, 15) is 0 Å². The zero-order chi connectivity index (χ0) is 29.0. The molecule has 0 atom stereocenters. The van der Waals surface area contributed by atoms with Crippen LogP contribution in [0.15, 0.2) is 164 Å². The molecule has 2 nitrogen and oxygen atoms in total. The van der Waals surface area contributed by atoms with E-state index >= 15 is 0 Å². The molecule has 1 aliphatic carbocycles. The van der Waals surface area contributed by atoms with Crippen molar-refractivity contribution in [2.24, 2.45) is 0 Å². The molecule has 0 N–H and O–H groups in total. The largest absolute Gasteiger partial charge is 0.345 e. The molecule has 0 heterocycles. The highest BCUT2D eigenvalue weighted by molar-refractivity contribution is 5.99. The third-order valence-electron chi connectivity index (χ3n) is 8.33. The van der Waals surface area contributed by atoms with Crippen molar-refractivity contribution in [1.82, 2.24) is 0 Å². The van der Waals surface area contributed by atoms with E-state index in [-0.39, 0.29) is 0 Å². The van der Waals surface area contributed by atoms with Crippen LogP contribution in [-0.4, -0.2) is 7.05 Å². The monoisotopic (exact) mass is 554 g/mol. The Morgan fingerprint density at radius 3 is 1.98 bits per heavy atom. The van der Waals surface area contributed by atoms with E-state index in [0.29, 0.717) is 0 Å². The molecule has 0 spiro atoms. The number of benzene rings is 6. The van der Waals surface area contributed by atoms with Crippen molar-refractivity contribution in [2.45, 2.75) is 12.8 Å². The molecule has 0 bridgehead atoms. The number of hydrogen-bond acceptors (Lipinski definition) is 2. The summed E-state index contributed by atoms with van der Waals surface area (Å²) in [4.78, 5) is 4.65. The lowest BCUT2D eigenvalue weighted by Gasteiger charge is -2.28. The fourth-order valence-electron chi connectivity index (χ4n) is 6.02. The second-order valence-electron chi connectivity index (χ2n) is 11.0. The predicted molar refractivity (Wildman–Crippen MR) is 185 cm³/mol. The van der Waals surface area contributed by atoms with Crippen LogP contribution in [0.2, 0.25) is 0 Å². The first kappa shape index (κ1) is 26.6. The van der Waals surface area contributed by atoms with Gasteiger partial charge in [-0.1, -0.05) is 109 Å². The Bertz CT molecular complexity index is 1930. The second kappa shape index (κ2) is 11.9. The minimum atomic E-state index is 1.09. The van der Waals surface area contributed by atoms with Crippen LogP contribution in [-0.2, 0) is 0 Å². The summed E-state index contributed by atoms with van der Waals surface area (Å²) in [5.41, 5.74) is 10.8. The molecule has 0 amide bonds. The van der Waals surface area contributed by atoms with E-state index in [4.69, 9.17) is 0 Å². The summed E-state index contributed by atoms with van der Waals surface area (Å²) in [6.07, 6.45) is 8.85. The van der Waals surface area contributed by atoms with Crippen molar-refractivity contribution in [2.75, 3.05) is 16.8 Å². The summed E-state index contributed by atoms with van der Waals surface area (Å²) < 4.78 is 0. The third kappa shape index (κ3) is 5.48. The van der Waals surface area contributed by atoms with Gasteiger partial charge in [-0.2, -0.15) is 0 Å². The van der Waals surface area contributed by atoms with Gasteiger partial charge >= 0.3 is 0 Å². The maximum atomic E-state index is 2.38. The van der Waals surface area contributed by atoms with Gasteiger partial charge in [-0.3, -0.25) is 0 Å². The minimum Gasteiger partial charge on any atom is -0.345 e. The number of hydrogen-bond donors (Lipinski definition) is 0. The van der Waals surface area contributed by atoms with Gasteiger partial charge in [0, 0.05) is 35.2 Å². The van der Waals surface area contributed by atoms with Crippen molar-refractivity contribution in [1.29, 1.82) is 0 Å². The van der Waals surface area contributed by atoms with E-state index < -0.39 is 0 Å². The van der Waals surface area contributed by atoms with Crippen LogP contribution in [0.25, 0.3) is 27.5 Å². The molecule has 0 saturated heterocycles. The van der Waals surface area contributed by atoms with Crippen molar-refractivity contribution in [3.63, 3.8) is 0 Å². The summed E-state index contributed by atoms with van der Waals surface area (Å²) in [6.45, 7) is 0. The fraction of sp³-hybridized carbons (Fsp3) is 0.0732. The standard InChI is InChI=1S/C41H34N2/c1-42(38-21-10-19-34(29-38)31-13-4-2-5-14-31)36-25-27-37(28-26-36)43(41-24-12-18-33-17-8-9-23-40(33)41)39-22-11-20-35(30-39)32-15-6-3-7-16-32/h2-4,6-13,15-30H,5,14H2,1H3. The second-order valence-corrected chi connectivity index (χ2v) is 11.0. The number of nitrogens with zero attached hydrogens (tertiary/aromatic N) is 2. The van der Waals surface area contributed by atoms with E-state index in [0.717, 1.165) is 35.6 Å². The van der Waals surface area contributed by atoms with E-state index in [1.165, 1.54) is 38.7 Å². The Morgan fingerprint density at radius 1 is 0.512 bits per heavy atom. The quantitative estimate of drug-likeness (QED) is 0.194. The lowest BCUT2D eigenvalue weighted by atomic mass is 9.97. The highest BCUT2D eigenvalue weighted by Gasteiger charge is 2.17. The summed E-state index contributed by atoms with van der Waals surface area (Å²) in [5, 5.41) is 2.45. The molecule has 0 aromatic heterocycles. The van der Waals surface area contributed by atoms with Gasteiger partial charge in [-0.25, -0.2) is 0 Å². The van der Waals surface area contributed by atoms with Crippen LogP contribution >= 0.6 is 0 Å². The fourth-order valence-corrected chi connectivity index (χ4v) is 6.02.